The van der Waals surface area contributed by atoms with E-state index in [4.69, 9.17) is 0 Å². The number of rotatable bonds is 4. The molecule has 0 aromatic carbocycles. The molecule has 0 spiro atoms. The maximum Gasteiger partial charge on any atom is 0.0390 e. The van der Waals surface area contributed by atoms with Crippen molar-refractivity contribution in [3.05, 3.63) is 21.9 Å². The first-order valence-electron chi connectivity index (χ1n) is 5.47. The minimum Gasteiger partial charge on any atom is -0.348 e. The summed E-state index contributed by atoms with van der Waals surface area (Å²) in [6.45, 7) is 10.1. The summed E-state index contributed by atoms with van der Waals surface area (Å²) < 4.78 is 3.72. The van der Waals surface area contributed by atoms with Gasteiger partial charge in [-0.15, -0.1) is 0 Å². The topological polar surface area (TPSA) is 4.93 Å². The Kier molecular flexibility index (Phi) is 4.24. The van der Waals surface area contributed by atoms with Gasteiger partial charge in [0.05, 0.1) is 0 Å². The molecule has 1 unspecified atom stereocenters. The van der Waals surface area contributed by atoms with E-state index in [9.17, 15) is 0 Å². The minimum absolute atomic E-state index is 0.643. The van der Waals surface area contributed by atoms with Gasteiger partial charge in [0, 0.05) is 22.4 Å². The zero-order valence-electron chi connectivity index (χ0n) is 9.60. The molecule has 0 saturated heterocycles. The predicted octanol–water partition coefficient (Wildman–Crippen LogP) is 4.48. The number of halogens is 1. The second kappa shape index (κ2) is 5.01. The van der Waals surface area contributed by atoms with E-state index in [0.29, 0.717) is 5.92 Å². The van der Waals surface area contributed by atoms with Crippen molar-refractivity contribution in [2.45, 2.75) is 53.0 Å². The van der Waals surface area contributed by atoms with Crippen LogP contribution in [0.2, 0.25) is 0 Å². The van der Waals surface area contributed by atoms with Crippen molar-refractivity contribution in [1.82, 2.24) is 4.57 Å². The molecule has 0 bridgehead atoms. The molecule has 0 aliphatic rings. The fourth-order valence-corrected chi connectivity index (χ4v) is 2.81. The highest BCUT2D eigenvalue weighted by Crippen LogP contribution is 2.30. The maximum atomic E-state index is 3.66. The van der Waals surface area contributed by atoms with E-state index in [2.05, 4.69) is 54.3 Å². The predicted molar refractivity (Wildman–Crippen MR) is 65.9 cm³/mol. The third-order valence-corrected chi connectivity index (χ3v) is 3.46. The van der Waals surface area contributed by atoms with Crippen LogP contribution in [0.5, 0.6) is 0 Å². The number of aryl methyl sites for hydroxylation is 1. The molecule has 0 saturated carbocycles. The van der Waals surface area contributed by atoms with Crippen LogP contribution >= 0.6 is 15.9 Å². The molecule has 1 nitrogen and oxygen atoms in total. The van der Waals surface area contributed by atoms with Crippen LogP contribution in [0, 0.1) is 6.92 Å². The van der Waals surface area contributed by atoms with E-state index in [0.717, 1.165) is 6.54 Å². The summed E-state index contributed by atoms with van der Waals surface area (Å²) >= 11 is 3.66. The molecule has 0 radical (unpaired) electrons. The van der Waals surface area contributed by atoms with Crippen LogP contribution in [-0.4, -0.2) is 4.57 Å². The molecule has 0 amide bonds. The van der Waals surface area contributed by atoms with E-state index in [1.807, 2.05) is 0 Å². The van der Waals surface area contributed by atoms with Gasteiger partial charge in [0.15, 0.2) is 0 Å². The molecule has 0 N–H and O–H groups in total. The molecule has 1 aromatic heterocycles. The van der Waals surface area contributed by atoms with Crippen LogP contribution in [0.1, 0.15) is 50.9 Å². The van der Waals surface area contributed by atoms with E-state index in [1.54, 1.807) is 0 Å². The minimum atomic E-state index is 0.643. The average Bonchev–Trinajstić information content (AvgIpc) is 2.42. The Morgan fingerprint density at radius 3 is 2.57 bits per heavy atom. The normalized spacial score (nSPS) is 13.2. The molecule has 1 aromatic rings. The fraction of sp³-hybridized carbons (Fsp3) is 0.667. The van der Waals surface area contributed by atoms with Gasteiger partial charge in [0.2, 0.25) is 0 Å². The first-order chi connectivity index (χ1) is 6.61. The molecular formula is C12H20BrN. The van der Waals surface area contributed by atoms with E-state index in [1.165, 1.54) is 28.7 Å². The van der Waals surface area contributed by atoms with E-state index in [-0.39, 0.29) is 0 Å². The number of hydrogen-bond acceptors (Lipinski definition) is 0. The number of hydrogen-bond donors (Lipinski definition) is 0. The smallest absolute Gasteiger partial charge is 0.0390 e. The third-order valence-electron chi connectivity index (χ3n) is 2.82. The van der Waals surface area contributed by atoms with Crippen molar-refractivity contribution in [3.63, 3.8) is 0 Å². The second-order valence-corrected chi connectivity index (χ2v) is 4.83. The standard InChI is InChI=1S/C12H20BrN/c1-5-7-14-10(4)8-11(13)12(14)9(3)6-2/h8-9H,5-7H2,1-4H3. The Balaban J connectivity index is 3.10. The molecule has 0 aliphatic carbocycles. The quantitative estimate of drug-likeness (QED) is 0.750. The lowest BCUT2D eigenvalue weighted by molar-refractivity contribution is 0.584. The van der Waals surface area contributed by atoms with Gasteiger partial charge >= 0.3 is 0 Å². The molecular weight excluding hydrogens is 238 g/mol. The van der Waals surface area contributed by atoms with Crippen LogP contribution in [0.15, 0.2) is 10.5 Å². The van der Waals surface area contributed by atoms with Gasteiger partial charge in [0.1, 0.15) is 0 Å². The molecule has 2 heteroatoms. The second-order valence-electron chi connectivity index (χ2n) is 3.98. The summed E-state index contributed by atoms with van der Waals surface area (Å²) in [5.74, 6) is 0.643. The van der Waals surface area contributed by atoms with Crippen molar-refractivity contribution < 1.29 is 0 Å². The highest BCUT2D eigenvalue weighted by molar-refractivity contribution is 9.10. The highest BCUT2D eigenvalue weighted by Gasteiger charge is 2.14. The van der Waals surface area contributed by atoms with Crippen LogP contribution in [0.25, 0.3) is 0 Å². The van der Waals surface area contributed by atoms with E-state index >= 15 is 0 Å². The summed E-state index contributed by atoms with van der Waals surface area (Å²) in [5.41, 5.74) is 2.83. The Morgan fingerprint density at radius 1 is 1.43 bits per heavy atom. The first kappa shape index (κ1) is 11.8. The number of aromatic nitrogens is 1. The monoisotopic (exact) mass is 257 g/mol. The Morgan fingerprint density at radius 2 is 2.07 bits per heavy atom. The molecule has 80 valence electrons. The zero-order valence-corrected chi connectivity index (χ0v) is 11.2. The van der Waals surface area contributed by atoms with Gasteiger partial charge in [-0.3, -0.25) is 0 Å². The Hall–Kier alpha value is -0.240. The average molecular weight is 258 g/mol. The molecule has 0 fully saturated rings. The number of nitrogens with zero attached hydrogens (tertiary/aromatic N) is 1. The van der Waals surface area contributed by atoms with Crippen molar-refractivity contribution in [1.29, 1.82) is 0 Å². The van der Waals surface area contributed by atoms with Gasteiger partial charge < -0.3 is 4.57 Å². The van der Waals surface area contributed by atoms with Gasteiger partial charge in [-0.2, -0.15) is 0 Å². The SMILES string of the molecule is CCCn1c(C)cc(Br)c1C(C)CC. The van der Waals surface area contributed by atoms with Crippen LogP contribution in [0.3, 0.4) is 0 Å². The molecule has 0 aliphatic heterocycles. The summed E-state index contributed by atoms with van der Waals surface area (Å²) in [6.07, 6.45) is 2.40. The summed E-state index contributed by atoms with van der Waals surface area (Å²) in [5, 5.41) is 0. The third kappa shape index (κ3) is 2.22. The summed E-state index contributed by atoms with van der Waals surface area (Å²) in [4.78, 5) is 0. The maximum absolute atomic E-state index is 3.66. The lowest BCUT2D eigenvalue weighted by Crippen LogP contribution is -2.07. The van der Waals surface area contributed by atoms with Gasteiger partial charge in [-0.25, -0.2) is 0 Å². The summed E-state index contributed by atoms with van der Waals surface area (Å²) in [7, 11) is 0. The lowest BCUT2D eigenvalue weighted by atomic mass is 10.1. The molecule has 1 atom stereocenters. The molecule has 14 heavy (non-hydrogen) atoms. The Bertz CT molecular complexity index is 302. The van der Waals surface area contributed by atoms with Crippen molar-refractivity contribution >= 4 is 15.9 Å². The van der Waals surface area contributed by atoms with Crippen molar-refractivity contribution in [3.8, 4) is 0 Å². The summed E-state index contributed by atoms with van der Waals surface area (Å²) in [6, 6.07) is 2.23. The molecule has 1 heterocycles. The van der Waals surface area contributed by atoms with Crippen LogP contribution in [-0.2, 0) is 6.54 Å². The van der Waals surface area contributed by atoms with Gasteiger partial charge in [0.25, 0.3) is 0 Å². The van der Waals surface area contributed by atoms with Crippen molar-refractivity contribution in [2.75, 3.05) is 0 Å². The highest BCUT2D eigenvalue weighted by atomic mass is 79.9. The van der Waals surface area contributed by atoms with Crippen LogP contribution < -0.4 is 0 Å². The van der Waals surface area contributed by atoms with Gasteiger partial charge in [-0.05, 0) is 47.7 Å². The zero-order chi connectivity index (χ0) is 10.7. The fourth-order valence-electron chi connectivity index (χ4n) is 1.87. The largest absolute Gasteiger partial charge is 0.348 e. The van der Waals surface area contributed by atoms with Gasteiger partial charge in [-0.1, -0.05) is 20.8 Å². The first-order valence-corrected chi connectivity index (χ1v) is 6.26. The van der Waals surface area contributed by atoms with Crippen molar-refractivity contribution in [2.24, 2.45) is 0 Å². The van der Waals surface area contributed by atoms with E-state index < -0.39 is 0 Å². The van der Waals surface area contributed by atoms with Crippen LogP contribution in [0.4, 0.5) is 0 Å². The molecule has 1 rings (SSSR count). The Labute approximate surface area is 95.6 Å². The lowest BCUT2D eigenvalue weighted by Gasteiger charge is -2.15.